The maximum absolute atomic E-state index is 13.8. The summed E-state index contributed by atoms with van der Waals surface area (Å²) in [5.41, 5.74) is 0.0394. The number of likely N-dealkylation sites (N-methyl/N-ethyl adjacent to an activating group) is 1. The van der Waals surface area contributed by atoms with Crippen LogP contribution in [0, 0.1) is 5.82 Å². The monoisotopic (exact) mass is 331 g/mol. The van der Waals surface area contributed by atoms with Crippen LogP contribution in [0.15, 0.2) is 23.0 Å². The molecule has 0 aromatic carbocycles. The first-order valence-electron chi connectivity index (χ1n) is 8.06. The molecule has 1 aliphatic heterocycles. The van der Waals surface area contributed by atoms with Gasteiger partial charge < -0.3 is 9.42 Å². The molecule has 0 radical (unpaired) electrons. The molecule has 7 nitrogen and oxygen atoms in total. The lowest BCUT2D eigenvalue weighted by molar-refractivity contribution is 0.0485. The summed E-state index contributed by atoms with van der Waals surface area (Å²) in [6, 6.07) is 1.23. The number of nitrogens with zero attached hydrogens (tertiary/aromatic N) is 5. The van der Waals surface area contributed by atoms with Gasteiger partial charge in [0.05, 0.1) is 11.8 Å². The first-order valence-corrected chi connectivity index (χ1v) is 8.06. The summed E-state index contributed by atoms with van der Waals surface area (Å²) in [6.45, 7) is 1.57. The van der Waals surface area contributed by atoms with Gasteiger partial charge in [0.1, 0.15) is 6.04 Å². The van der Waals surface area contributed by atoms with Crippen LogP contribution < -0.4 is 0 Å². The summed E-state index contributed by atoms with van der Waals surface area (Å²) >= 11 is 0. The van der Waals surface area contributed by atoms with Gasteiger partial charge in [0.25, 0.3) is 5.91 Å². The summed E-state index contributed by atoms with van der Waals surface area (Å²) in [6.07, 6.45) is 4.68. The predicted octanol–water partition coefficient (Wildman–Crippen LogP) is 1.61. The summed E-state index contributed by atoms with van der Waals surface area (Å²) in [7, 11) is 1.96. The van der Waals surface area contributed by atoms with E-state index in [1.54, 1.807) is 4.90 Å². The zero-order valence-corrected chi connectivity index (χ0v) is 13.4. The smallest absolute Gasteiger partial charge is 0.257 e. The Bertz CT molecular complexity index is 760. The lowest BCUT2D eigenvalue weighted by Gasteiger charge is -2.37. The number of aromatic nitrogens is 3. The van der Waals surface area contributed by atoms with Crippen molar-refractivity contribution < 1.29 is 13.7 Å². The zero-order chi connectivity index (χ0) is 16.7. The van der Waals surface area contributed by atoms with Crippen molar-refractivity contribution in [3.8, 4) is 0 Å². The maximum atomic E-state index is 13.8. The van der Waals surface area contributed by atoms with Crippen molar-refractivity contribution in [3.05, 3.63) is 41.6 Å². The number of amides is 1. The Balaban J connectivity index is 1.53. The number of piperazine rings is 1. The van der Waals surface area contributed by atoms with Crippen molar-refractivity contribution in [2.24, 2.45) is 0 Å². The number of rotatable bonds is 3. The fourth-order valence-electron chi connectivity index (χ4n) is 2.93. The van der Waals surface area contributed by atoms with Gasteiger partial charge in [-0.25, -0.2) is 4.39 Å². The molecule has 2 aliphatic rings. The lowest BCUT2D eigenvalue weighted by Crippen LogP contribution is -2.49. The number of halogens is 1. The van der Waals surface area contributed by atoms with Gasteiger partial charge in [-0.2, -0.15) is 4.98 Å². The van der Waals surface area contributed by atoms with Crippen molar-refractivity contribution in [2.45, 2.75) is 24.8 Å². The van der Waals surface area contributed by atoms with Gasteiger partial charge in [-0.15, -0.1) is 0 Å². The second-order valence-electron chi connectivity index (χ2n) is 6.37. The minimum absolute atomic E-state index is 0.0394. The van der Waals surface area contributed by atoms with Crippen LogP contribution in [0.5, 0.6) is 0 Å². The predicted molar refractivity (Wildman–Crippen MR) is 81.7 cm³/mol. The molecule has 1 amide bonds. The molecule has 8 heteroatoms. The highest BCUT2D eigenvalue weighted by Gasteiger charge is 2.35. The van der Waals surface area contributed by atoms with Gasteiger partial charge in [0, 0.05) is 31.7 Å². The topological polar surface area (TPSA) is 75.4 Å². The SMILES string of the molecule is CN1CCN(C(=O)c2ccncc2F)CC1c1nc(C2CC2)no1. The average Bonchev–Trinajstić information content (AvgIpc) is 3.33. The van der Waals surface area contributed by atoms with Crippen LogP contribution in [0.3, 0.4) is 0 Å². The molecule has 1 unspecified atom stereocenters. The normalized spacial score (nSPS) is 21.9. The molecule has 0 N–H and O–H groups in total. The Kier molecular flexibility index (Phi) is 3.76. The Hall–Kier alpha value is -2.35. The van der Waals surface area contributed by atoms with Crippen LogP contribution in [0.4, 0.5) is 4.39 Å². The van der Waals surface area contributed by atoms with E-state index in [0.29, 0.717) is 31.4 Å². The second-order valence-corrected chi connectivity index (χ2v) is 6.37. The quantitative estimate of drug-likeness (QED) is 0.850. The fourth-order valence-corrected chi connectivity index (χ4v) is 2.93. The average molecular weight is 331 g/mol. The van der Waals surface area contributed by atoms with Gasteiger partial charge >= 0.3 is 0 Å². The highest BCUT2D eigenvalue weighted by Crippen LogP contribution is 2.38. The van der Waals surface area contributed by atoms with E-state index in [9.17, 15) is 9.18 Å². The number of hydrogen-bond acceptors (Lipinski definition) is 6. The molecule has 1 saturated heterocycles. The fraction of sp³-hybridized carbons (Fsp3) is 0.500. The molecule has 24 heavy (non-hydrogen) atoms. The van der Waals surface area contributed by atoms with Crippen LogP contribution in [-0.4, -0.2) is 57.5 Å². The minimum Gasteiger partial charge on any atom is -0.338 e. The van der Waals surface area contributed by atoms with Crippen LogP contribution in [0.2, 0.25) is 0 Å². The molecular formula is C16H18FN5O2. The molecule has 126 valence electrons. The van der Waals surface area contributed by atoms with E-state index in [-0.39, 0.29) is 17.5 Å². The lowest BCUT2D eigenvalue weighted by atomic mass is 10.1. The third-order valence-electron chi connectivity index (χ3n) is 4.62. The number of carbonyl (C=O) groups excluding carboxylic acids is 1. The largest absolute Gasteiger partial charge is 0.338 e. The first kappa shape index (κ1) is 15.2. The second kappa shape index (κ2) is 5.94. The highest BCUT2D eigenvalue weighted by atomic mass is 19.1. The summed E-state index contributed by atoms with van der Waals surface area (Å²) < 4.78 is 19.2. The Morgan fingerprint density at radius 1 is 1.38 bits per heavy atom. The van der Waals surface area contributed by atoms with Crippen molar-refractivity contribution in [3.63, 3.8) is 0 Å². The molecule has 2 aromatic heterocycles. The molecule has 0 spiro atoms. The molecule has 1 atom stereocenters. The van der Waals surface area contributed by atoms with E-state index in [1.165, 1.54) is 12.3 Å². The molecule has 3 heterocycles. The molecule has 2 aromatic rings. The van der Waals surface area contributed by atoms with Gasteiger partial charge in [-0.3, -0.25) is 14.7 Å². The number of pyridine rings is 1. The van der Waals surface area contributed by atoms with Gasteiger partial charge in [0.2, 0.25) is 5.89 Å². The zero-order valence-electron chi connectivity index (χ0n) is 13.4. The molecule has 2 fully saturated rings. The molecule has 0 bridgehead atoms. The third kappa shape index (κ3) is 2.77. The van der Waals surface area contributed by atoms with Crippen molar-refractivity contribution in [1.29, 1.82) is 0 Å². The summed E-state index contributed by atoms with van der Waals surface area (Å²) in [4.78, 5) is 24.5. The van der Waals surface area contributed by atoms with E-state index in [1.807, 2.05) is 7.05 Å². The Labute approximate surface area is 138 Å². The minimum atomic E-state index is -0.605. The first-order chi connectivity index (χ1) is 11.6. The standard InChI is InChI=1S/C16H18FN5O2/c1-21-6-7-22(16(23)11-4-5-18-8-12(11)17)9-13(21)15-19-14(20-24-15)10-2-3-10/h4-5,8,10,13H,2-3,6-7,9H2,1H3. The molecular weight excluding hydrogens is 313 g/mol. The van der Waals surface area contributed by atoms with Crippen LogP contribution >= 0.6 is 0 Å². The number of hydrogen-bond donors (Lipinski definition) is 0. The maximum Gasteiger partial charge on any atom is 0.257 e. The Morgan fingerprint density at radius 3 is 2.96 bits per heavy atom. The van der Waals surface area contributed by atoms with E-state index in [0.717, 1.165) is 24.9 Å². The van der Waals surface area contributed by atoms with Crippen LogP contribution in [0.1, 0.15) is 46.9 Å². The van der Waals surface area contributed by atoms with Crippen molar-refractivity contribution in [2.75, 3.05) is 26.7 Å². The van der Waals surface area contributed by atoms with Crippen molar-refractivity contribution >= 4 is 5.91 Å². The van der Waals surface area contributed by atoms with E-state index in [2.05, 4.69) is 20.0 Å². The van der Waals surface area contributed by atoms with Gasteiger partial charge in [-0.1, -0.05) is 5.16 Å². The van der Waals surface area contributed by atoms with E-state index in [4.69, 9.17) is 4.52 Å². The molecule has 1 saturated carbocycles. The highest BCUT2D eigenvalue weighted by molar-refractivity contribution is 5.94. The van der Waals surface area contributed by atoms with E-state index < -0.39 is 5.82 Å². The molecule has 4 rings (SSSR count). The summed E-state index contributed by atoms with van der Waals surface area (Å²) in [5.74, 6) is 0.746. The number of carbonyl (C=O) groups is 1. The van der Waals surface area contributed by atoms with Gasteiger partial charge in [-0.05, 0) is 26.0 Å². The molecule has 1 aliphatic carbocycles. The van der Waals surface area contributed by atoms with Gasteiger partial charge in [0.15, 0.2) is 11.6 Å². The third-order valence-corrected chi connectivity index (χ3v) is 4.62. The Morgan fingerprint density at radius 2 is 2.21 bits per heavy atom. The van der Waals surface area contributed by atoms with E-state index >= 15 is 0 Å². The summed E-state index contributed by atoms with van der Waals surface area (Å²) in [5, 5.41) is 4.05. The van der Waals surface area contributed by atoms with Crippen molar-refractivity contribution in [1.82, 2.24) is 24.9 Å². The van der Waals surface area contributed by atoms with Crippen LogP contribution in [0.25, 0.3) is 0 Å². The van der Waals surface area contributed by atoms with Crippen LogP contribution in [-0.2, 0) is 0 Å².